The summed E-state index contributed by atoms with van der Waals surface area (Å²) in [6.07, 6.45) is 0. The molecule has 0 bridgehead atoms. The van der Waals surface area contributed by atoms with Gasteiger partial charge in [-0.05, 0) is 26.0 Å². The molecular formula is C18H23N3O3S. The largest absolute Gasteiger partial charge is 0.459 e. The van der Waals surface area contributed by atoms with E-state index in [1.807, 2.05) is 49.6 Å². The first-order valence-corrected chi connectivity index (χ1v) is 9.30. The molecule has 0 atom stereocenters. The number of rotatable bonds is 3. The van der Waals surface area contributed by atoms with E-state index in [1.54, 1.807) is 0 Å². The fraction of sp³-hybridized carbons (Fsp3) is 0.500. The molecule has 0 spiro atoms. The van der Waals surface area contributed by atoms with Crippen molar-refractivity contribution in [2.75, 3.05) is 26.2 Å². The molecule has 2 aromatic heterocycles. The van der Waals surface area contributed by atoms with Gasteiger partial charge in [0.1, 0.15) is 10.6 Å². The second-order valence-electron chi connectivity index (χ2n) is 6.62. The minimum absolute atomic E-state index is 0.00898. The lowest BCUT2D eigenvalue weighted by Gasteiger charge is -2.35. The predicted molar refractivity (Wildman–Crippen MR) is 96.6 cm³/mol. The van der Waals surface area contributed by atoms with Gasteiger partial charge in [-0.25, -0.2) is 4.98 Å². The summed E-state index contributed by atoms with van der Waals surface area (Å²) in [7, 11) is 0. The molecule has 0 saturated carbocycles. The molecule has 1 fully saturated rings. The summed E-state index contributed by atoms with van der Waals surface area (Å²) in [6, 6.07) is 3.76. The lowest BCUT2D eigenvalue weighted by molar-refractivity contribution is -0.135. The monoisotopic (exact) mass is 361 g/mol. The van der Waals surface area contributed by atoms with Gasteiger partial charge in [-0.2, -0.15) is 0 Å². The Kier molecular flexibility index (Phi) is 4.94. The van der Waals surface area contributed by atoms with Gasteiger partial charge < -0.3 is 14.2 Å². The number of aromatic nitrogens is 1. The fourth-order valence-electron chi connectivity index (χ4n) is 2.89. The van der Waals surface area contributed by atoms with E-state index in [-0.39, 0.29) is 17.7 Å². The number of aryl methyl sites for hydroxylation is 2. The lowest BCUT2D eigenvalue weighted by Crippen LogP contribution is -2.51. The van der Waals surface area contributed by atoms with Crippen LogP contribution >= 0.6 is 11.3 Å². The Bertz CT molecular complexity index is 785. The predicted octanol–water partition coefficient (Wildman–Crippen LogP) is 2.96. The number of furan rings is 1. The third-order valence-corrected chi connectivity index (χ3v) is 5.47. The van der Waals surface area contributed by atoms with Crippen LogP contribution in [0, 0.1) is 19.8 Å². The first-order valence-electron chi connectivity index (χ1n) is 8.49. The summed E-state index contributed by atoms with van der Waals surface area (Å²) in [4.78, 5) is 33.7. The standard InChI is InChI=1S/C18H23N3O3S/c1-11(2)17(22)20-7-9-21(10-8-20)18(23)15-13(4)19-16(25-15)14-6-5-12(3)24-14/h5-6,11H,7-10H2,1-4H3. The second-order valence-corrected chi connectivity index (χ2v) is 7.62. The number of hydrogen-bond acceptors (Lipinski definition) is 5. The highest BCUT2D eigenvalue weighted by molar-refractivity contribution is 7.17. The zero-order valence-electron chi connectivity index (χ0n) is 15.0. The van der Waals surface area contributed by atoms with E-state index < -0.39 is 0 Å². The van der Waals surface area contributed by atoms with Gasteiger partial charge in [-0.15, -0.1) is 11.3 Å². The van der Waals surface area contributed by atoms with Gasteiger partial charge in [0.15, 0.2) is 10.8 Å². The van der Waals surface area contributed by atoms with Gasteiger partial charge in [-0.3, -0.25) is 9.59 Å². The number of nitrogens with zero attached hydrogens (tertiary/aromatic N) is 3. The molecule has 134 valence electrons. The van der Waals surface area contributed by atoms with E-state index in [9.17, 15) is 9.59 Å². The molecule has 1 aliphatic rings. The zero-order chi connectivity index (χ0) is 18.1. The highest BCUT2D eigenvalue weighted by Gasteiger charge is 2.28. The van der Waals surface area contributed by atoms with Gasteiger partial charge >= 0.3 is 0 Å². The van der Waals surface area contributed by atoms with E-state index >= 15 is 0 Å². The molecular weight excluding hydrogens is 338 g/mol. The summed E-state index contributed by atoms with van der Waals surface area (Å²) in [6.45, 7) is 9.83. The maximum atomic E-state index is 12.8. The highest BCUT2D eigenvalue weighted by Crippen LogP contribution is 2.30. The normalized spacial score (nSPS) is 15.1. The molecule has 7 heteroatoms. The Morgan fingerprint density at radius 2 is 1.76 bits per heavy atom. The summed E-state index contributed by atoms with van der Waals surface area (Å²) in [5, 5.41) is 0.725. The Labute approximate surface area is 151 Å². The smallest absolute Gasteiger partial charge is 0.265 e. The first-order chi connectivity index (χ1) is 11.9. The van der Waals surface area contributed by atoms with E-state index in [2.05, 4.69) is 4.98 Å². The van der Waals surface area contributed by atoms with Crippen LogP contribution < -0.4 is 0 Å². The van der Waals surface area contributed by atoms with Gasteiger partial charge in [0.2, 0.25) is 5.91 Å². The van der Waals surface area contributed by atoms with Crippen molar-refractivity contribution in [1.82, 2.24) is 14.8 Å². The second kappa shape index (κ2) is 7.00. The van der Waals surface area contributed by atoms with Crippen LogP contribution in [0.5, 0.6) is 0 Å². The molecule has 25 heavy (non-hydrogen) atoms. The maximum absolute atomic E-state index is 12.8. The Morgan fingerprint density at radius 1 is 1.12 bits per heavy atom. The molecule has 0 N–H and O–H groups in total. The molecule has 2 amide bonds. The number of piperazine rings is 1. The van der Waals surface area contributed by atoms with Gasteiger partial charge in [-0.1, -0.05) is 13.8 Å². The van der Waals surface area contributed by atoms with Crippen LogP contribution in [0.2, 0.25) is 0 Å². The van der Waals surface area contributed by atoms with Crippen molar-refractivity contribution in [2.45, 2.75) is 27.7 Å². The van der Waals surface area contributed by atoms with Crippen LogP contribution in [0.1, 0.15) is 35.0 Å². The molecule has 1 aliphatic heterocycles. The van der Waals surface area contributed by atoms with E-state index in [0.717, 1.165) is 16.5 Å². The minimum atomic E-state index is -0.0128. The Hall–Kier alpha value is -2.15. The molecule has 3 heterocycles. The van der Waals surface area contributed by atoms with Crippen LogP contribution in [0.4, 0.5) is 0 Å². The van der Waals surface area contributed by atoms with Crippen LogP contribution in [-0.4, -0.2) is 52.8 Å². The van der Waals surface area contributed by atoms with Gasteiger partial charge in [0, 0.05) is 32.1 Å². The zero-order valence-corrected chi connectivity index (χ0v) is 15.9. The van der Waals surface area contributed by atoms with E-state index in [0.29, 0.717) is 36.8 Å². The minimum Gasteiger partial charge on any atom is -0.459 e. The summed E-state index contributed by atoms with van der Waals surface area (Å²) in [5.41, 5.74) is 0.722. The Morgan fingerprint density at radius 3 is 2.32 bits per heavy atom. The number of carbonyl (C=O) groups is 2. The van der Waals surface area contributed by atoms with Gasteiger partial charge in [0.05, 0.1) is 5.69 Å². The summed E-state index contributed by atoms with van der Waals surface area (Å²) >= 11 is 1.36. The molecule has 0 aromatic carbocycles. The average Bonchev–Trinajstić information content (AvgIpc) is 3.19. The number of hydrogen-bond donors (Lipinski definition) is 0. The van der Waals surface area contributed by atoms with Gasteiger partial charge in [0.25, 0.3) is 5.91 Å². The molecule has 3 rings (SSSR count). The SMILES string of the molecule is Cc1ccc(-c2nc(C)c(C(=O)N3CCN(C(=O)C(C)C)CC3)s2)o1. The molecule has 2 aromatic rings. The first kappa shape index (κ1) is 17.7. The van der Waals surface area contributed by atoms with Crippen LogP contribution in [0.15, 0.2) is 16.5 Å². The average molecular weight is 361 g/mol. The van der Waals surface area contributed by atoms with Crippen molar-refractivity contribution < 1.29 is 14.0 Å². The molecule has 0 radical (unpaired) electrons. The summed E-state index contributed by atoms with van der Waals surface area (Å²) in [5.74, 6) is 1.64. The van der Waals surface area contributed by atoms with Crippen molar-refractivity contribution in [2.24, 2.45) is 5.92 Å². The number of thiazole rings is 1. The number of amides is 2. The quantitative estimate of drug-likeness (QED) is 0.843. The van der Waals surface area contributed by atoms with Crippen LogP contribution in [0.25, 0.3) is 10.8 Å². The lowest BCUT2D eigenvalue weighted by atomic mass is 10.1. The third kappa shape index (κ3) is 3.61. The van der Waals surface area contributed by atoms with Crippen molar-refractivity contribution in [3.05, 3.63) is 28.5 Å². The highest BCUT2D eigenvalue weighted by atomic mass is 32.1. The maximum Gasteiger partial charge on any atom is 0.265 e. The topological polar surface area (TPSA) is 66.7 Å². The van der Waals surface area contributed by atoms with Crippen LogP contribution in [-0.2, 0) is 4.79 Å². The third-order valence-electron chi connectivity index (χ3n) is 4.31. The van der Waals surface area contributed by atoms with Crippen molar-refractivity contribution in [3.63, 3.8) is 0 Å². The summed E-state index contributed by atoms with van der Waals surface area (Å²) < 4.78 is 5.60. The van der Waals surface area contributed by atoms with Crippen molar-refractivity contribution >= 4 is 23.2 Å². The molecule has 0 unspecified atom stereocenters. The number of carbonyl (C=O) groups excluding carboxylic acids is 2. The molecule has 1 saturated heterocycles. The van der Waals surface area contributed by atoms with Crippen molar-refractivity contribution in [3.8, 4) is 10.8 Å². The van der Waals surface area contributed by atoms with E-state index in [1.165, 1.54) is 11.3 Å². The Balaban J connectivity index is 1.70. The molecule has 0 aliphatic carbocycles. The van der Waals surface area contributed by atoms with E-state index in [4.69, 9.17) is 4.42 Å². The van der Waals surface area contributed by atoms with Crippen molar-refractivity contribution in [1.29, 1.82) is 0 Å². The van der Waals surface area contributed by atoms with Crippen LogP contribution in [0.3, 0.4) is 0 Å². The molecule has 6 nitrogen and oxygen atoms in total. The fourth-order valence-corrected chi connectivity index (χ4v) is 3.88.